The number of hydrogen-bond donors (Lipinski definition) is 1. The van der Waals surface area contributed by atoms with Crippen molar-refractivity contribution in [3.05, 3.63) is 35.6 Å². The number of methoxy groups -OCH3 is 1. The molecule has 0 aliphatic rings. The summed E-state index contributed by atoms with van der Waals surface area (Å²) < 4.78 is 15.2. The second-order valence-corrected chi connectivity index (χ2v) is 4.32. The molecule has 0 aliphatic heterocycles. The smallest absolute Gasteiger partial charge is 0.262 e. The molecule has 0 bridgehead atoms. The van der Waals surface area contributed by atoms with Crippen molar-refractivity contribution in [2.45, 2.75) is 13.8 Å². The Morgan fingerprint density at radius 3 is 2.80 bits per heavy atom. The molecule has 2 rings (SSSR count). The SMILES string of the molecule is COc1ccc(C)cc1NC(=O)COc1cc(C)on1. The first-order valence-corrected chi connectivity index (χ1v) is 6.09. The molecule has 2 aromatic rings. The van der Waals surface area contributed by atoms with Gasteiger partial charge < -0.3 is 19.3 Å². The van der Waals surface area contributed by atoms with Gasteiger partial charge in [-0.25, -0.2) is 0 Å². The lowest BCUT2D eigenvalue weighted by Crippen LogP contribution is -2.20. The first-order chi connectivity index (χ1) is 9.58. The van der Waals surface area contributed by atoms with Crippen LogP contribution in [-0.2, 0) is 4.79 Å². The van der Waals surface area contributed by atoms with Gasteiger partial charge in [-0.3, -0.25) is 4.79 Å². The highest BCUT2D eigenvalue weighted by Gasteiger charge is 2.10. The molecule has 0 saturated carbocycles. The van der Waals surface area contributed by atoms with Crippen LogP contribution in [0.2, 0.25) is 0 Å². The minimum Gasteiger partial charge on any atom is -0.495 e. The molecule has 6 heteroatoms. The number of benzene rings is 1. The third-order valence-corrected chi connectivity index (χ3v) is 2.59. The number of amides is 1. The Labute approximate surface area is 116 Å². The van der Waals surface area contributed by atoms with Gasteiger partial charge in [0.25, 0.3) is 11.8 Å². The van der Waals surface area contributed by atoms with E-state index in [2.05, 4.69) is 10.5 Å². The van der Waals surface area contributed by atoms with Crippen molar-refractivity contribution < 1.29 is 18.8 Å². The van der Waals surface area contributed by atoms with Gasteiger partial charge in [0.2, 0.25) is 0 Å². The van der Waals surface area contributed by atoms with E-state index in [0.29, 0.717) is 17.2 Å². The zero-order chi connectivity index (χ0) is 14.5. The van der Waals surface area contributed by atoms with Crippen LogP contribution in [0.5, 0.6) is 11.6 Å². The predicted octanol–water partition coefficient (Wildman–Crippen LogP) is 2.32. The van der Waals surface area contributed by atoms with E-state index in [4.69, 9.17) is 14.0 Å². The summed E-state index contributed by atoms with van der Waals surface area (Å²) in [6.07, 6.45) is 0. The predicted molar refractivity (Wildman–Crippen MR) is 73.1 cm³/mol. The van der Waals surface area contributed by atoms with Crippen LogP contribution in [-0.4, -0.2) is 24.8 Å². The normalized spacial score (nSPS) is 10.2. The summed E-state index contributed by atoms with van der Waals surface area (Å²) in [6, 6.07) is 7.15. The average Bonchev–Trinajstić information content (AvgIpc) is 2.83. The fraction of sp³-hybridized carbons (Fsp3) is 0.286. The van der Waals surface area contributed by atoms with E-state index in [1.807, 2.05) is 19.1 Å². The third-order valence-electron chi connectivity index (χ3n) is 2.59. The van der Waals surface area contributed by atoms with E-state index in [1.165, 1.54) is 0 Å². The van der Waals surface area contributed by atoms with Crippen LogP contribution in [0.15, 0.2) is 28.8 Å². The monoisotopic (exact) mass is 276 g/mol. The maximum atomic E-state index is 11.8. The molecule has 0 aliphatic carbocycles. The Bertz CT molecular complexity index is 607. The van der Waals surface area contributed by atoms with Crippen LogP contribution < -0.4 is 14.8 Å². The molecule has 0 spiro atoms. The molecule has 0 fully saturated rings. The molecule has 1 aromatic heterocycles. The van der Waals surface area contributed by atoms with E-state index < -0.39 is 0 Å². The average molecular weight is 276 g/mol. The molecule has 1 aromatic carbocycles. The van der Waals surface area contributed by atoms with Gasteiger partial charge in [0.1, 0.15) is 11.5 Å². The number of aromatic nitrogens is 1. The van der Waals surface area contributed by atoms with Gasteiger partial charge in [-0.15, -0.1) is 0 Å². The first kappa shape index (κ1) is 13.9. The molecule has 1 heterocycles. The molecule has 0 radical (unpaired) electrons. The van der Waals surface area contributed by atoms with E-state index in [9.17, 15) is 4.79 Å². The van der Waals surface area contributed by atoms with Crippen molar-refractivity contribution in [3.8, 4) is 11.6 Å². The number of nitrogens with one attached hydrogen (secondary N) is 1. The van der Waals surface area contributed by atoms with Crippen molar-refractivity contribution >= 4 is 11.6 Å². The molecule has 0 unspecified atom stereocenters. The topological polar surface area (TPSA) is 73.6 Å². The Balaban J connectivity index is 1.96. The minimum atomic E-state index is -0.297. The second-order valence-electron chi connectivity index (χ2n) is 4.32. The standard InChI is InChI=1S/C14H16N2O4/c1-9-4-5-12(18-3)11(6-9)15-13(17)8-19-14-7-10(2)20-16-14/h4-7H,8H2,1-3H3,(H,15,17). The summed E-state index contributed by atoms with van der Waals surface area (Å²) in [5.74, 6) is 1.21. The highest BCUT2D eigenvalue weighted by atomic mass is 16.5. The van der Waals surface area contributed by atoms with E-state index in [-0.39, 0.29) is 18.4 Å². The highest BCUT2D eigenvalue weighted by Crippen LogP contribution is 2.25. The number of rotatable bonds is 5. The summed E-state index contributed by atoms with van der Waals surface area (Å²) in [4.78, 5) is 11.8. The minimum absolute atomic E-state index is 0.150. The van der Waals surface area contributed by atoms with E-state index in [1.54, 1.807) is 26.2 Å². The molecular formula is C14H16N2O4. The van der Waals surface area contributed by atoms with Crippen LogP contribution in [0, 0.1) is 13.8 Å². The van der Waals surface area contributed by atoms with Crippen molar-refractivity contribution in [2.24, 2.45) is 0 Å². The number of anilines is 1. The number of nitrogens with zero attached hydrogens (tertiary/aromatic N) is 1. The molecule has 6 nitrogen and oxygen atoms in total. The van der Waals surface area contributed by atoms with Crippen molar-refractivity contribution in [2.75, 3.05) is 19.0 Å². The van der Waals surface area contributed by atoms with Gasteiger partial charge in [-0.05, 0) is 36.7 Å². The highest BCUT2D eigenvalue weighted by molar-refractivity contribution is 5.93. The third kappa shape index (κ3) is 3.50. The van der Waals surface area contributed by atoms with Gasteiger partial charge in [-0.2, -0.15) is 0 Å². The zero-order valence-electron chi connectivity index (χ0n) is 11.6. The van der Waals surface area contributed by atoms with Crippen LogP contribution in [0.1, 0.15) is 11.3 Å². The molecule has 0 saturated heterocycles. The quantitative estimate of drug-likeness (QED) is 0.907. The lowest BCUT2D eigenvalue weighted by molar-refractivity contribution is -0.118. The largest absolute Gasteiger partial charge is 0.495 e. The number of carbonyl (C=O) groups excluding carboxylic acids is 1. The van der Waals surface area contributed by atoms with Crippen molar-refractivity contribution in [1.82, 2.24) is 5.16 Å². The summed E-state index contributed by atoms with van der Waals surface area (Å²) in [7, 11) is 1.55. The Morgan fingerprint density at radius 1 is 1.35 bits per heavy atom. The number of ether oxygens (including phenoxy) is 2. The Kier molecular flexibility index (Phi) is 4.24. The summed E-state index contributed by atoms with van der Waals surface area (Å²) in [6.45, 7) is 3.53. The fourth-order valence-electron chi connectivity index (χ4n) is 1.66. The van der Waals surface area contributed by atoms with Crippen LogP contribution in [0.25, 0.3) is 0 Å². The molecule has 0 atom stereocenters. The van der Waals surface area contributed by atoms with Gasteiger partial charge in [0, 0.05) is 6.07 Å². The maximum absolute atomic E-state index is 11.8. The van der Waals surface area contributed by atoms with Crippen molar-refractivity contribution in [1.29, 1.82) is 0 Å². The molecule has 20 heavy (non-hydrogen) atoms. The zero-order valence-corrected chi connectivity index (χ0v) is 11.6. The maximum Gasteiger partial charge on any atom is 0.262 e. The van der Waals surface area contributed by atoms with Gasteiger partial charge in [0.05, 0.1) is 12.8 Å². The Morgan fingerprint density at radius 2 is 2.15 bits per heavy atom. The summed E-state index contributed by atoms with van der Waals surface area (Å²) in [5.41, 5.74) is 1.63. The summed E-state index contributed by atoms with van der Waals surface area (Å²) >= 11 is 0. The second kappa shape index (κ2) is 6.10. The molecule has 1 N–H and O–H groups in total. The number of hydrogen-bond acceptors (Lipinski definition) is 5. The fourth-order valence-corrected chi connectivity index (χ4v) is 1.66. The van der Waals surface area contributed by atoms with Crippen LogP contribution in [0.4, 0.5) is 5.69 Å². The number of aryl methyl sites for hydroxylation is 2. The summed E-state index contributed by atoms with van der Waals surface area (Å²) in [5, 5.41) is 6.37. The van der Waals surface area contributed by atoms with Gasteiger partial charge in [0.15, 0.2) is 6.61 Å². The van der Waals surface area contributed by atoms with E-state index in [0.717, 1.165) is 5.56 Å². The lowest BCUT2D eigenvalue weighted by atomic mass is 10.2. The van der Waals surface area contributed by atoms with Crippen LogP contribution in [0.3, 0.4) is 0 Å². The Hall–Kier alpha value is -2.50. The van der Waals surface area contributed by atoms with E-state index >= 15 is 0 Å². The lowest BCUT2D eigenvalue weighted by Gasteiger charge is -2.10. The van der Waals surface area contributed by atoms with Crippen LogP contribution >= 0.6 is 0 Å². The molecule has 106 valence electrons. The van der Waals surface area contributed by atoms with Gasteiger partial charge in [-0.1, -0.05) is 6.07 Å². The molecular weight excluding hydrogens is 260 g/mol. The molecule has 1 amide bonds. The van der Waals surface area contributed by atoms with Crippen molar-refractivity contribution in [3.63, 3.8) is 0 Å². The number of carbonyl (C=O) groups is 1. The van der Waals surface area contributed by atoms with Gasteiger partial charge >= 0.3 is 0 Å². The first-order valence-electron chi connectivity index (χ1n) is 6.09.